The van der Waals surface area contributed by atoms with Crippen molar-refractivity contribution in [2.75, 3.05) is 18.6 Å². The van der Waals surface area contributed by atoms with Crippen LogP contribution in [0.15, 0.2) is 0 Å². The summed E-state index contributed by atoms with van der Waals surface area (Å²) in [6.07, 6.45) is 1.54. The molecule has 56 valence electrons. The van der Waals surface area contributed by atoms with Gasteiger partial charge in [0, 0.05) is 12.0 Å². The predicted octanol–water partition coefficient (Wildman–Crippen LogP) is 1.96. The molecule has 0 fully saturated rings. The Hall–Kier alpha value is 0.640. The van der Waals surface area contributed by atoms with Crippen LogP contribution in [0, 0.1) is 0 Å². The van der Waals surface area contributed by atoms with Crippen LogP contribution in [0.2, 0.25) is 0 Å². The molecule has 2 nitrogen and oxygen atoms in total. The Morgan fingerprint density at radius 2 is 2.33 bits per heavy atom. The molecule has 1 atom stereocenters. The van der Waals surface area contributed by atoms with Gasteiger partial charge in [-0.3, -0.25) is 0 Å². The molecule has 0 heterocycles. The fourth-order valence-electron chi connectivity index (χ4n) is 0.409. The fourth-order valence-corrected chi connectivity index (χ4v) is 1.58. The van der Waals surface area contributed by atoms with Crippen LogP contribution in [0.4, 0.5) is 0 Å². The van der Waals surface area contributed by atoms with Gasteiger partial charge in [0.1, 0.15) is 0 Å². The summed E-state index contributed by atoms with van der Waals surface area (Å²) in [6, 6.07) is 0. The van der Waals surface area contributed by atoms with Gasteiger partial charge in [0.2, 0.25) is 0 Å². The Balaban J connectivity index is 2.95. The Morgan fingerprint density at radius 3 is 2.78 bits per heavy atom. The first-order valence-electron chi connectivity index (χ1n) is 2.96. The van der Waals surface area contributed by atoms with Gasteiger partial charge in [0.25, 0.3) is 0 Å². The molecule has 0 rings (SSSR count). The molecule has 0 spiro atoms. The van der Waals surface area contributed by atoms with Crippen molar-refractivity contribution in [3.05, 3.63) is 0 Å². The molecule has 0 aromatic rings. The maximum Gasteiger partial charge on any atom is 0.167 e. The second-order valence-corrected chi connectivity index (χ2v) is 3.32. The van der Waals surface area contributed by atoms with E-state index in [1.165, 1.54) is 0 Å². The van der Waals surface area contributed by atoms with E-state index in [2.05, 4.69) is 0 Å². The predicted molar refractivity (Wildman–Crippen MR) is 41.0 cm³/mol. The van der Waals surface area contributed by atoms with E-state index in [1.807, 2.05) is 6.92 Å². The average Bonchev–Trinajstić information content (AvgIpc) is 1.85. The highest BCUT2D eigenvalue weighted by molar-refractivity contribution is 7.46. The first kappa shape index (κ1) is 9.64. The lowest BCUT2D eigenvalue weighted by Gasteiger charge is -2.06. The standard InChI is InChI=1S/C5H12ClO2P/c1-2-8-9(7)5-3-4-6/h7H,2-5H2,1H3. The average molecular weight is 171 g/mol. The van der Waals surface area contributed by atoms with Crippen molar-refractivity contribution in [1.29, 1.82) is 0 Å². The summed E-state index contributed by atoms with van der Waals surface area (Å²) in [5.41, 5.74) is 0. The number of hydrogen-bond acceptors (Lipinski definition) is 2. The van der Waals surface area contributed by atoms with Crippen LogP contribution in [-0.4, -0.2) is 23.5 Å². The van der Waals surface area contributed by atoms with E-state index in [9.17, 15) is 0 Å². The van der Waals surface area contributed by atoms with E-state index >= 15 is 0 Å². The summed E-state index contributed by atoms with van der Waals surface area (Å²) < 4.78 is 4.91. The van der Waals surface area contributed by atoms with Crippen LogP contribution >= 0.6 is 20.0 Å². The summed E-state index contributed by atoms with van der Waals surface area (Å²) in [6.45, 7) is 2.46. The molecule has 0 aliphatic carbocycles. The molecule has 0 aromatic carbocycles. The smallest absolute Gasteiger partial charge is 0.167 e. The lowest BCUT2D eigenvalue weighted by molar-refractivity contribution is 0.329. The summed E-state index contributed by atoms with van der Waals surface area (Å²) in [7, 11) is -1.17. The number of alkyl halides is 1. The van der Waals surface area contributed by atoms with E-state index < -0.39 is 8.38 Å². The summed E-state index contributed by atoms with van der Waals surface area (Å²) >= 11 is 5.39. The zero-order valence-electron chi connectivity index (χ0n) is 5.51. The first-order valence-corrected chi connectivity index (χ1v) is 4.89. The van der Waals surface area contributed by atoms with Gasteiger partial charge in [-0.1, -0.05) is 0 Å². The van der Waals surface area contributed by atoms with Crippen LogP contribution in [-0.2, 0) is 4.52 Å². The molecule has 1 N–H and O–H groups in total. The normalized spacial score (nSPS) is 13.7. The molecule has 9 heavy (non-hydrogen) atoms. The van der Waals surface area contributed by atoms with Gasteiger partial charge in [-0.25, -0.2) is 0 Å². The van der Waals surface area contributed by atoms with Crippen LogP contribution in [0.25, 0.3) is 0 Å². The second kappa shape index (κ2) is 6.76. The molecular weight excluding hydrogens is 158 g/mol. The zero-order valence-corrected chi connectivity index (χ0v) is 7.16. The van der Waals surface area contributed by atoms with Crippen molar-refractivity contribution in [3.8, 4) is 0 Å². The third kappa shape index (κ3) is 6.53. The molecule has 0 bridgehead atoms. The monoisotopic (exact) mass is 170 g/mol. The van der Waals surface area contributed by atoms with Crippen molar-refractivity contribution in [3.63, 3.8) is 0 Å². The second-order valence-electron chi connectivity index (χ2n) is 1.54. The van der Waals surface area contributed by atoms with E-state index in [1.54, 1.807) is 0 Å². The van der Waals surface area contributed by atoms with Crippen molar-refractivity contribution >= 4 is 20.0 Å². The van der Waals surface area contributed by atoms with Crippen LogP contribution in [0.3, 0.4) is 0 Å². The van der Waals surface area contributed by atoms with Crippen molar-refractivity contribution in [2.24, 2.45) is 0 Å². The molecule has 0 amide bonds. The van der Waals surface area contributed by atoms with Crippen molar-refractivity contribution in [1.82, 2.24) is 0 Å². The number of halogens is 1. The molecule has 1 unspecified atom stereocenters. The zero-order chi connectivity index (χ0) is 7.11. The third-order valence-electron chi connectivity index (χ3n) is 0.761. The maximum atomic E-state index is 8.96. The lowest BCUT2D eigenvalue weighted by atomic mass is 10.6. The van der Waals surface area contributed by atoms with E-state index in [-0.39, 0.29) is 0 Å². The van der Waals surface area contributed by atoms with Gasteiger partial charge in [-0.2, -0.15) is 0 Å². The number of hydrogen-bond donors (Lipinski definition) is 1. The van der Waals surface area contributed by atoms with Crippen LogP contribution in [0.1, 0.15) is 13.3 Å². The molecule has 4 heteroatoms. The number of rotatable bonds is 5. The highest BCUT2D eigenvalue weighted by Crippen LogP contribution is 2.31. The minimum atomic E-state index is -1.17. The largest absolute Gasteiger partial charge is 0.350 e. The Kier molecular flexibility index (Phi) is 7.24. The Bertz CT molecular complexity index is 62.9. The van der Waals surface area contributed by atoms with Crippen molar-refractivity contribution < 1.29 is 9.42 Å². The quantitative estimate of drug-likeness (QED) is 0.505. The van der Waals surface area contributed by atoms with Gasteiger partial charge in [0.05, 0.1) is 6.61 Å². The molecular formula is C5H12ClO2P. The van der Waals surface area contributed by atoms with E-state index in [0.29, 0.717) is 18.6 Å². The molecule has 0 aliphatic rings. The maximum absolute atomic E-state index is 8.96. The Labute approximate surface area is 62.1 Å². The van der Waals surface area contributed by atoms with Crippen LogP contribution in [0.5, 0.6) is 0 Å². The van der Waals surface area contributed by atoms with Gasteiger partial charge in [-0.15, -0.1) is 11.6 Å². The van der Waals surface area contributed by atoms with E-state index in [0.717, 1.165) is 6.42 Å². The summed E-state index contributed by atoms with van der Waals surface area (Å²) in [4.78, 5) is 8.96. The van der Waals surface area contributed by atoms with Gasteiger partial charge < -0.3 is 9.42 Å². The van der Waals surface area contributed by atoms with Crippen LogP contribution < -0.4 is 0 Å². The topological polar surface area (TPSA) is 29.5 Å². The van der Waals surface area contributed by atoms with E-state index in [4.69, 9.17) is 21.0 Å². The fraction of sp³-hybridized carbons (Fsp3) is 1.00. The summed E-state index contributed by atoms with van der Waals surface area (Å²) in [5, 5.41) is 0. The lowest BCUT2D eigenvalue weighted by Crippen LogP contribution is -1.89. The van der Waals surface area contributed by atoms with Crippen molar-refractivity contribution in [2.45, 2.75) is 13.3 Å². The summed E-state index contributed by atoms with van der Waals surface area (Å²) in [5.74, 6) is 0.604. The van der Waals surface area contributed by atoms with Gasteiger partial charge in [-0.05, 0) is 13.3 Å². The minimum absolute atomic E-state index is 0.588. The van der Waals surface area contributed by atoms with Gasteiger partial charge in [0.15, 0.2) is 8.38 Å². The van der Waals surface area contributed by atoms with Gasteiger partial charge >= 0.3 is 0 Å². The SMILES string of the molecule is CCOP(O)CCCCl. The molecule has 0 aliphatic heterocycles. The first-order chi connectivity index (χ1) is 4.31. The molecule has 0 aromatic heterocycles. The third-order valence-corrected chi connectivity index (χ3v) is 2.28. The molecule has 0 radical (unpaired) electrons. The Morgan fingerprint density at radius 1 is 1.67 bits per heavy atom. The molecule has 0 saturated carbocycles. The highest BCUT2D eigenvalue weighted by Gasteiger charge is 2.00. The highest BCUT2D eigenvalue weighted by atomic mass is 35.5. The minimum Gasteiger partial charge on any atom is -0.350 e. The molecule has 0 saturated heterocycles.